The van der Waals surface area contributed by atoms with Crippen LogP contribution in [0.1, 0.15) is 15.9 Å². The van der Waals surface area contributed by atoms with E-state index >= 15 is 0 Å². The average Bonchev–Trinajstić information content (AvgIpc) is 2.88. The zero-order chi connectivity index (χ0) is 22.4. The highest BCUT2D eigenvalue weighted by Gasteiger charge is 2.32. The van der Waals surface area contributed by atoms with Gasteiger partial charge in [-0.25, -0.2) is 13.1 Å². The smallest absolute Gasteiger partial charge is 0.416 e. The summed E-state index contributed by atoms with van der Waals surface area (Å²) in [5, 5.41) is 2.44. The molecule has 0 unspecified atom stereocenters. The van der Waals surface area contributed by atoms with Gasteiger partial charge in [0.05, 0.1) is 21.7 Å². The van der Waals surface area contributed by atoms with E-state index in [4.69, 9.17) is 4.74 Å². The Balaban J connectivity index is 1.74. The van der Waals surface area contributed by atoms with E-state index in [1.54, 1.807) is 18.2 Å². The number of hydrogen-bond donors (Lipinski definition) is 2. The van der Waals surface area contributed by atoms with Gasteiger partial charge in [-0.05, 0) is 60.6 Å². The van der Waals surface area contributed by atoms with Crippen LogP contribution in [-0.4, -0.2) is 21.4 Å². The maximum atomic E-state index is 13.0. The third-order valence-corrected chi connectivity index (χ3v) is 6.16. The number of hydrogen-bond acceptors (Lipinski definition) is 4. The summed E-state index contributed by atoms with van der Waals surface area (Å²) in [7, 11) is -2.36. The van der Waals surface area contributed by atoms with Gasteiger partial charge in [-0.1, -0.05) is 18.2 Å². The highest BCUT2D eigenvalue weighted by molar-refractivity contribution is 7.89. The van der Waals surface area contributed by atoms with Crippen molar-refractivity contribution in [1.82, 2.24) is 4.72 Å². The SMILES string of the molecule is CNS(=O)(=O)c1cccc(-c2ccc3c(c2)C(=O)Nc2cc(C(F)(F)F)ccc2O3)c1. The second kappa shape index (κ2) is 7.40. The molecule has 3 aromatic rings. The van der Waals surface area contributed by atoms with Crippen molar-refractivity contribution in [3.05, 3.63) is 71.8 Å². The molecule has 1 aliphatic heterocycles. The Morgan fingerprint density at radius 3 is 2.35 bits per heavy atom. The first-order chi connectivity index (χ1) is 14.6. The van der Waals surface area contributed by atoms with Gasteiger partial charge in [0, 0.05) is 0 Å². The summed E-state index contributed by atoms with van der Waals surface area (Å²) in [6.45, 7) is 0. The molecule has 0 bridgehead atoms. The van der Waals surface area contributed by atoms with E-state index in [0.29, 0.717) is 11.1 Å². The van der Waals surface area contributed by atoms with Crippen molar-refractivity contribution in [2.75, 3.05) is 12.4 Å². The molecule has 0 fully saturated rings. The minimum Gasteiger partial charge on any atom is -0.454 e. The monoisotopic (exact) mass is 448 g/mol. The number of halogens is 3. The van der Waals surface area contributed by atoms with Gasteiger partial charge in [0.15, 0.2) is 5.75 Å². The molecular weight excluding hydrogens is 433 g/mol. The number of sulfonamides is 1. The summed E-state index contributed by atoms with van der Waals surface area (Å²) in [6, 6.07) is 13.6. The van der Waals surface area contributed by atoms with Gasteiger partial charge in [-0.3, -0.25) is 4.79 Å². The number of carbonyl (C=O) groups excluding carboxylic acids is 1. The second-order valence-corrected chi connectivity index (χ2v) is 8.60. The molecule has 0 aromatic heterocycles. The van der Waals surface area contributed by atoms with Crippen molar-refractivity contribution >= 4 is 21.6 Å². The highest BCUT2D eigenvalue weighted by atomic mass is 32.2. The molecule has 6 nitrogen and oxygen atoms in total. The number of carbonyl (C=O) groups is 1. The van der Waals surface area contributed by atoms with Crippen molar-refractivity contribution in [2.45, 2.75) is 11.1 Å². The normalized spacial score (nSPS) is 13.5. The molecule has 3 aromatic carbocycles. The zero-order valence-corrected chi connectivity index (χ0v) is 16.8. The Kier molecular flexibility index (Phi) is 4.98. The number of nitrogens with one attached hydrogen (secondary N) is 2. The number of amides is 1. The van der Waals surface area contributed by atoms with Gasteiger partial charge in [-0.2, -0.15) is 13.2 Å². The first kappa shape index (κ1) is 20.9. The van der Waals surface area contributed by atoms with E-state index in [-0.39, 0.29) is 27.6 Å². The molecule has 0 spiro atoms. The van der Waals surface area contributed by atoms with Gasteiger partial charge < -0.3 is 10.1 Å². The van der Waals surface area contributed by atoms with Crippen LogP contribution in [0.4, 0.5) is 18.9 Å². The van der Waals surface area contributed by atoms with E-state index in [1.165, 1.54) is 31.3 Å². The standard InChI is InChI=1S/C21H15F3N2O4S/c1-25-31(28,29)15-4-2-3-12(9-15)13-5-7-18-16(10-13)20(27)26-17-11-14(21(22,23)24)6-8-19(17)30-18/h2-11,25H,1H3,(H,26,27). The molecule has 1 heterocycles. The Morgan fingerprint density at radius 2 is 1.65 bits per heavy atom. The second-order valence-electron chi connectivity index (χ2n) is 6.71. The summed E-state index contributed by atoms with van der Waals surface area (Å²) >= 11 is 0. The summed E-state index contributed by atoms with van der Waals surface area (Å²) in [5.74, 6) is -0.400. The van der Waals surface area contributed by atoms with E-state index < -0.39 is 27.7 Å². The zero-order valence-electron chi connectivity index (χ0n) is 15.9. The molecular formula is C21H15F3N2O4S. The molecule has 10 heteroatoms. The van der Waals surface area contributed by atoms with Crippen LogP contribution < -0.4 is 14.8 Å². The first-order valence-electron chi connectivity index (χ1n) is 8.97. The fraction of sp³-hybridized carbons (Fsp3) is 0.0952. The Labute approximate surface area is 175 Å². The van der Waals surface area contributed by atoms with Crippen LogP contribution in [0, 0.1) is 0 Å². The topological polar surface area (TPSA) is 84.5 Å². The molecule has 1 amide bonds. The number of alkyl halides is 3. The summed E-state index contributed by atoms with van der Waals surface area (Å²) in [4.78, 5) is 12.8. The molecule has 2 N–H and O–H groups in total. The molecule has 0 aliphatic carbocycles. The fourth-order valence-corrected chi connectivity index (χ4v) is 3.91. The van der Waals surface area contributed by atoms with Crippen LogP contribution in [0.5, 0.6) is 11.5 Å². The van der Waals surface area contributed by atoms with Gasteiger partial charge in [0.1, 0.15) is 5.75 Å². The van der Waals surface area contributed by atoms with Gasteiger partial charge in [-0.15, -0.1) is 0 Å². The van der Waals surface area contributed by atoms with Crippen LogP contribution in [-0.2, 0) is 16.2 Å². The number of fused-ring (bicyclic) bond motifs is 2. The predicted molar refractivity (Wildman–Crippen MR) is 108 cm³/mol. The molecule has 0 atom stereocenters. The molecule has 0 radical (unpaired) electrons. The quantitative estimate of drug-likeness (QED) is 0.612. The van der Waals surface area contributed by atoms with Gasteiger partial charge in [0.2, 0.25) is 10.0 Å². The van der Waals surface area contributed by atoms with Gasteiger partial charge in [0.25, 0.3) is 5.91 Å². The number of benzene rings is 3. The van der Waals surface area contributed by atoms with Crippen molar-refractivity contribution in [2.24, 2.45) is 0 Å². The summed E-state index contributed by atoms with van der Waals surface area (Å²) < 4.78 is 71.0. The third kappa shape index (κ3) is 3.99. The summed E-state index contributed by atoms with van der Waals surface area (Å²) in [6.07, 6.45) is -4.56. The maximum absolute atomic E-state index is 13.0. The fourth-order valence-electron chi connectivity index (χ4n) is 3.14. The van der Waals surface area contributed by atoms with Crippen molar-refractivity contribution in [3.8, 4) is 22.6 Å². The van der Waals surface area contributed by atoms with Crippen LogP contribution in [0.25, 0.3) is 11.1 Å². The molecule has 1 aliphatic rings. The van der Waals surface area contributed by atoms with Crippen molar-refractivity contribution < 1.29 is 31.1 Å². The lowest BCUT2D eigenvalue weighted by Crippen LogP contribution is -2.18. The maximum Gasteiger partial charge on any atom is 0.416 e. The van der Waals surface area contributed by atoms with Crippen molar-refractivity contribution in [1.29, 1.82) is 0 Å². The minimum absolute atomic E-state index is 0.0511. The third-order valence-electron chi connectivity index (χ3n) is 4.75. The lowest BCUT2D eigenvalue weighted by Gasteiger charge is -2.12. The van der Waals surface area contributed by atoms with Crippen LogP contribution in [0.3, 0.4) is 0 Å². The summed E-state index contributed by atoms with van der Waals surface area (Å²) in [5.41, 5.74) is 0.161. The van der Waals surface area contributed by atoms with Crippen LogP contribution in [0.15, 0.2) is 65.6 Å². The van der Waals surface area contributed by atoms with E-state index in [2.05, 4.69) is 10.0 Å². The lowest BCUT2D eigenvalue weighted by molar-refractivity contribution is -0.137. The van der Waals surface area contributed by atoms with E-state index in [9.17, 15) is 26.4 Å². The number of anilines is 1. The Bertz CT molecular complexity index is 1300. The Morgan fingerprint density at radius 1 is 0.935 bits per heavy atom. The number of rotatable bonds is 3. The average molecular weight is 448 g/mol. The lowest BCUT2D eigenvalue weighted by atomic mass is 10.0. The highest BCUT2D eigenvalue weighted by Crippen LogP contribution is 2.40. The molecule has 0 saturated heterocycles. The molecule has 4 rings (SSSR count). The first-order valence-corrected chi connectivity index (χ1v) is 10.5. The van der Waals surface area contributed by atoms with Crippen LogP contribution in [0.2, 0.25) is 0 Å². The predicted octanol–water partition coefficient (Wildman–Crippen LogP) is 4.64. The van der Waals surface area contributed by atoms with E-state index in [1.807, 2.05) is 0 Å². The minimum atomic E-state index is -4.56. The van der Waals surface area contributed by atoms with Crippen LogP contribution >= 0.6 is 0 Å². The van der Waals surface area contributed by atoms with Gasteiger partial charge >= 0.3 is 6.18 Å². The Hall–Kier alpha value is -3.37. The molecule has 31 heavy (non-hydrogen) atoms. The molecule has 160 valence electrons. The molecule has 0 saturated carbocycles. The van der Waals surface area contributed by atoms with Crippen molar-refractivity contribution in [3.63, 3.8) is 0 Å². The van der Waals surface area contributed by atoms with E-state index in [0.717, 1.165) is 18.2 Å². The number of ether oxygens (including phenoxy) is 1. The largest absolute Gasteiger partial charge is 0.454 e.